The topological polar surface area (TPSA) is 356 Å². The highest BCUT2D eigenvalue weighted by atomic mass is 16.8. The highest BCUT2D eigenvalue weighted by Crippen LogP contribution is 2.75. The van der Waals surface area contributed by atoms with E-state index in [4.69, 9.17) is 23.7 Å². The van der Waals surface area contributed by atoms with Crippen LogP contribution in [0.5, 0.6) is 0 Å². The summed E-state index contributed by atoms with van der Waals surface area (Å²) in [4.78, 5) is 105. The van der Waals surface area contributed by atoms with Crippen molar-refractivity contribution in [3.05, 3.63) is 11.6 Å². The largest absolute Gasteiger partial charge is 0.481 e. The summed E-state index contributed by atoms with van der Waals surface area (Å²) >= 11 is 0. The van der Waals surface area contributed by atoms with E-state index in [0.717, 1.165) is 53.3 Å². The lowest BCUT2D eigenvalue weighted by atomic mass is 9.33. The lowest BCUT2D eigenvalue weighted by Crippen LogP contribution is -2.69. The minimum Gasteiger partial charge on any atom is -0.481 e. The van der Waals surface area contributed by atoms with Crippen LogP contribution in [0.3, 0.4) is 0 Å². The summed E-state index contributed by atoms with van der Waals surface area (Å²) in [5, 5.41) is 71.8. The number of hydrogen-bond donors (Lipinski definition) is 8. The van der Waals surface area contributed by atoms with E-state index in [-0.39, 0.29) is 29.5 Å². The molecule has 78 heavy (non-hydrogen) atoms. The van der Waals surface area contributed by atoms with Gasteiger partial charge in [-0.25, -0.2) is 9.59 Å². The molecule has 0 bridgehead atoms. The van der Waals surface area contributed by atoms with Crippen LogP contribution >= 0.6 is 0 Å². The third-order valence-electron chi connectivity index (χ3n) is 20.1. The standard InChI is InChI=1S/C54H80N2O22/c1-49(2)29-12-15-54(7)41(28(57)20-24-25-23-51(4,48(69)70)17-16-50(25,3)18-19-53(24,54)6)52(29,5)14-13-30(49)75-47-40(36(63)35(62)39(77-47)43(66)56-27(45(68)74-11)22-32(59)72-9)78-46-37(64)33(60)34(61)38(76-46)42(65)55-26(44(67)73-10)21-31(58)71-8/h20,25-27,29-30,33-41,46-47,60-64H,12-19,21-23H2,1-11H3,(H,55,65)(H,56,66)(H,69,70)/t25-,26+,27+,29+,30+,33+,34+,35+,36+,37-,38+,39+,40-,41-,46+,47-,50-,51+,52+,53-,54-/m1/s1. The number of methoxy groups -OCH3 is 4. The quantitative estimate of drug-likeness (QED) is 0.0629. The van der Waals surface area contributed by atoms with Crippen molar-refractivity contribution in [1.82, 2.24) is 10.6 Å². The Kier molecular flexibility index (Phi) is 17.5. The molecular weight excluding hydrogens is 1030 g/mol. The molecule has 0 unspecified atom stereocenters. The van der Waals surface area contributed by atoms with Crippen LogP contribution in [-0.2, 0) is 76.3 Å². The molecule has 24 heteroatoms. The SMILES string of the molecule is COC(=O)C[C@H](NC(=O)[C@H]1O[C@@H](O[C@H]2[C@H](O[C@H]3CC[C@]4(C)[C@H]5C(=O)C=C6[C@H]7C[C@@](C)(C(=O)O)CC[C@]7(C)CC[C@@]6(C)[C@]5(C)CC[C@H]4C3(C)C)O[C@H](C(=O)N[C@@H](CC(=O)OC)C(=O)OC)[C@@H](O)[C@@H]2O)[C@H](O)[C@@H](O)[C@@H]1O)C(=O)OC. The molecule has 2 aliphatic heterocycles. The van der Waals surface area contributed by atoms with Crippen LogP contribution in [0.2, 0.25) is 0 Å². The zero-order chi connectivity index (χ0) is 58.0. The van der Waals surface area contributed by atoms with E-state index in [2.05, 4.69) is 52.5 Å². The molecule has 7 rings (SSSR count). The van der Waals surface area contributed by atoms with Crippen LogP contribution < -0.4 is 10.6 Å². The van der Waals surface area contributed by atoms with E-state index in [1.807, 2.05) is 26.8 Å². The predicted octanol–water partition coefficient (Wildman–Crippen LogP) is 0.518. The van der Waals surface area contributed by atoms with Gasteiger partial charge in [-0.15, -0.1) is 0 Å². The number of allylic oxidation sites excluding steroid dienone is 2. The summed E-state index contributed by atoms with van der Waals surface area (Å²) in [6.45, 7) is 14.6. The normalized spacial score (nSPS) is 42.5. The Morgan fingerprint density at radius 2 is 1.17 bits per heavy atom. The second-order valence-corrected chi connectivity index (χ2v) is 24.7. The van der Waals surface area contributed by atoms with Crippen LogP contribution in [0.1, 0.15) is 119 Å². The van der Waals surface area contributed by atoms with Gasteiger partial charge in [0.2, 0.25) is 0 Å². The molecule has 21 atom stereocenters. The smallest absolute Gasteiger partial charge is 0.328 e. The minimum absolute atomic E-state index is 0.00121. The van der Waals surface area contributed by atoms with E-state index >= 15 is 4.79 Å². The van der Waals surface area contributed by atoms with Crippen molar-refractivity contribution in [3.8, 4) is 0 Å². The van der Waals surface area contributed by atoms with Crippen molar-refractivity contribution in [3.63, 3.8) is 0 Å². The molecule has 438 valence electrons. The summed E-state index contributed by atoms with van der Waals surface area (Å²) < 4.78 is 43.6. The summed E-state index contributed by atoms with van der Waals surface area (Å²) in [6, 6.07) is -3.33. The first-order chi connectivity index (χ1) is 36.3. The highest BCUT2D eigenvalue weighted by molar-refractivity contribution is 5.96. The Bertz CT molecular complexity index is 2400. The molecule has 0 spiro atoms. The number of aliphatic carboxylic acids is 1. The molecule has 2 saturated heterocycles. The number of carbonyl (C=O) groups is 8. The molecule has 0 aromatic carbocycles. The number of ether oxygens (including phenoxy) is 8. The number of esters is 4. The van der Waals surface area contributed by atoms with E-state index < -0.39 is 167 Å². The maximum absolute atomic E-state index is 15.1. The second-order valence-electron chi connectivity index (χ2n) is 24.7. The Balaban J connectivity index is 1.20. The number of rotatable bonds is 15. The maximum Gasteiger partial charge on any atom is 0.328 e. The Labute approximate surface area is 452 Å². The van der Waals surface area contributed by atoms with Crippen molar-refractivity contribution in [2.45, 2.75) is 199 Å². The van der Waals surface area contributed by atoms with Crippen molar-refractivity contribution in [2.75, 3.05) is 28.4 Å². The molecule has 6 fully saturated rings. The van der Waals surface area contributed by atoms with Gasteiger partial charge in [0.1, 0.15) is 48.7 Å². The zero-order valence-electron chi connectivity index (χ0n) is 46.3. The Morgan fingerprint density at radius 3 is 1.69 bits per heavy atom. The number of amides is 2. The van der Waals surface area contributed by atoms with Gasteiger partial charge >= 0.3 is 29.8 Å². The van der Waals surface area contributed by atoms with E-state index in [0.29, 0.717) is 32.1 Å². The molecule has 7 aliphatic rings. The fraction of sp³-hybridized carbons (Fsp3) is 0.815. The number of hydrogen-bond acceptors (Lipinski definition) is 21. The van der Waals surface area contributed by atoms with Gasteiger partial charge in [0.25, 0.3) is 11.8 Å². The van der Waals surface area contributed by atoms with Gasteiger partial charge in [0, 0.05) is 5.92 Å². The van der Waals surface area contributed by atoms with Gasteiger partial charge in [-0.05, 0) is 110 Å². The van der Waals surface area contributed by atoms with Crippen LogP contribution in [0.15, 0.2) is 11.6 Å². The molecule has 0 radical (unpaired) electrons. The summed E-state index contributed by atoms with van der Waals surface area (Å²) in [5.41, 5.74) is -2.42. The lowest BCUT2D eigenvalue weighted by Gasteiger charge is -2.70. The number of ketones is 1. The highest BCUT2D eigenvalue weighted by Gasteiger charge is 2.71. The van der Waals surface area contributed by atoms with Gasteiger partial charge in [0.05, 0.1) is 52.8 Å². The minimum atomic E-state index is -2.22. The van der Waals surface area contributed by atoms with Crippen LogP contribution in [0, 0.1) is 50.2 Å². The molecular formula is C54H80N2O22. The third-order valence-corrected chi connectivity index (χ3v) is 20.1. The molecule has 24 nitrogen and oxygen atoms in total. The zero-order valence-corrected chi connectivity index (χ0v) is 46.3. The molecule has 5 aliphatic carbocycles. The number of fused-ring (bicyclic) bond motifs is 7. The summed E-state index contributed by atoms with van der Waals surface area (Å²) in [7, 11) is 4.08. The predicted molar refractivity (Wildman–Crippen MR) is 265 cm³/mol. The van der Waals surface area contributed by atoms with Crippen LogP contribution in [-0.4, -0.2) is 186 Å². The van der Waals surface area contributed by atoms with Gasteiger partial charge in [-0.3, -0.25) is 28.8 Å². The monoisotopic (exact) mass is 1110 g/mol. The Morgan fingerprint density at radius 1 is 0.641 bits per heavy atom. The van der Waals surface area contributed by atoms with Crippen molar-refractivity contribution in [2.24, 2.45) is 50.2 Å². The van der Waals surface area contributed by atoms with Gasteiger partial charge in [-0.1, -0.05) is 47.1 Å². The number of carboxylic acid groups (broad SMARTS) is 1. The number of carboxylic acids is 1. The average molecular weight is 1110 g/mol. The maximum atomic E-state index is 15.1. The molecule has 2 heterocycles. The second kappa shape index (κ2) is 22.4. The lowest BCUT2D eigenvalue weighted by molar-refractivity contribution is -0.369. The fourth-order valence-electron chi connectivity index (χ4n) is 15.1. The summed E-state index contributed by atoms with van der Waals surface area (Å²) in [6.07, 6.45) is -16.1. The summed E-state index contributed by atoms with van der Waals surface area (Å²) in [5.74, 6) is -8.09. The van der Waals surface area contributed by atoms with E-state index in [9.17, 15) is 64.2 Å². The van der Waals surface area contributed by atoms with Crippen LogP contribution in [0.25, 0.3) is 0 Å². The molecule has 0 aromatic heterocycles. The average Bonchev–Trinajstić information content (AvgIpc) is 3.54. The third kappa shape index (κ3) is 10.5. The number of carbonyl (C=O) groups excluding carboxylic acids is 7. The van der Waals surface area contributed by atoms with E-state index in [1.54, 1.807) is 0 Å². The van der Waals surface area contributed by atoms with Crippen LogP contribution in [0.4, 0.5) is 0 Å². The van der Waals surface area contributed by atoms with Crippen molar-refractivity contribution < 1.29 is 107 Å². The Hall–Kier alpha value is -4.66. The van der Waals surface area contributed by atoms with E-state index in [1.165, 1.54) is 0 Å². The molecule has 8 N–H and O–H groups in total. The number of nitrogens with one attached hydrogen (secondary N) is 2. The van der Waals surface area contributed by atoms with Gasteiger partial charge < -0.3 is 79.2 Å². The molecule has 0 aromatic rings. The molecule has 4 saturated carbocycles. The first-order valence-corrected chi connectivity index (χ1v) is 26.7. The van der Waals surface area contributed by atoms with Crippen molar-refractivity contribution >= 4 is 47.4 Å². The van der Waals surface area contributed by atoms with Crippen molar-refractivity contribution in [1.29, 1.82) is 0 Å². The fourth-order valence-corrected chi connectivity index (χ4v) is 15.1. The molecule has 2 amide bonds. The first kappa shape index (κ1) is 61.0. The van der Waals surface area contributed by atoms with Gasteiger partial charge in [-0.2, -0.15) is 0 Å². The number of aliphatic hydroxyl groups is 5. The van der Waals surface area contributed by atoms with Gasteiger partial charge in [0.15, 0.2) is 30.6 Å². The first-order valence-electron chi connectivity index (χ1n) is 26.7. The number of aliphatic hydroxyl groups excluding tert-OH is 5.